The predicted octanol–water partition coefficient (Wildman–Crippen LogP) is 5.65. The maximum Gasteiger partial charge on any atom is -0.0227 e. The second kappa shape index (κ2) is 9.69. The van der Waals surface area contributed by atoms with Crippen LogP contribution in [-0.4, -0.2) is 0 Å². The molecule has 0 saturated carbocycles. The van der Waals surface area contributed by atoms with Crippen LogP contribution in [0.1, 0.15) is 71.1 Å². The van der Waals surface area contributed by atoms with Crippen molar-refractivity contribution in [3.8, 4) is 0 Å². The number of rotatable bonds is 0. The first-order valence-electron chi connectivity index (χ1n) is 7.21. The quantitative estimate of drug-likeness (QED) is 0.463. The van der Waals surface area contributed by atoms with Crippen molar-refractivity contribution in [1.82, 2.24) is 0 Å². The molecule has 0 saturated heterocycles. The van der Waals surface area contributed by atoms with Gasteiger partial charge in [0.25, 0.3) is 0 Å². The lowest BCUT2D eigenvalue weighted by Crippen LogP contribution is -1.85. The Morgan fingerprint density at radius 2 is 1.25 bits per heavy atom. The summed E-state index contributed by atoms with van der Waals surface area (Å²) < 4.78 is 0. The summed E-state index contributed by atoms with van der Waals surface area (Å²) in [5.74, 6) is 0.723. The normalized spacial score (nSPS) is 25.9. The van der Waals surface area contributed by atoms with Crippen molar-refractivity contribution >= 4 is 0 Å². The van der Waals surface area contributed by atoms with Crippen LogP contribution >= 0.6 is 0 Å². The molecule has 0 heterocycles. The fraction of sp³-hybridized carbons (Fsp3) is 0.750. The molecule has 0 nitrogen and oxygen atoms in total. The predicted molar refractivity (Wildman–Crippen MR) is 73.6 cm³/mol. The minimum Gasteiger partial charge on any atom is -0.0885 e. The van der Waals surface area contributed by atoms with Gasteiger partial charge in [0, 0.05) is 0 Å². The average molecular weight is 220 g/mol. The van der Waals surface area contributed by atoms with Crippen LogP contribution in [0.5, 0.6) is 0 Å². The molecule has 0 aromatic heterocycles. The minimum absolute atomic E-state index is 0.723. The molecule has 0 spiro atoms. The van der Waals surface area contributed by atoms with Gasteiger partial charge >= 0.3 is 0 Å². The van der Waals surface area contributed by atoms with Gasteiger partial charge in [0.1, 0.15) is 0 Å². The highest BCUT2D eigenvalue weighted by atomic mass is 14.0. The van der Waals surface area contributed by atoms with E-state index in [1.165, 1.54) is 64.2 Å². The van der Waals surface area contributed by atoms with E-state index in [9.17, 15) is 0 Å². The monoisotopic (exact) mass is 220 g/mol. The molecule has 1 rings (SSSR count). The first kappa shape index (κ1) is 13.5. The van der Waals surface area contributed by atoms with E-state index >= 15 is 0 Å². The van der Waals surface area contributed by atoms with Gasteiger partial charge in [0.2, 0.25) is 0 Å². The molecule has 0 aliphatic heterocycles. The molecule has 92 valence electrons. The van der Waals surface area contributed by atoms with Gasteiger partial charge in [-0.05, 0) is 38.0 Å². The van der Waals surface area contributed by atoms with Crippen molar-refractivity contribution in [3.05, 3.63) is 24.3 Å². The third kappa shape index (κ3) is 7.73. The molecule has 0 aromatic rings. The van der Waals surface area contributed by atoms with E-state index in [1.807, 2.05) is 0 Å². The third-order valence-electron chi connectivity index (χ3n) is 3.38. The SMILES string of the molecule is CC1C=CCCCCCCCCCC=CC1. The molecule has 1 atom stereocenters. The zero-order chi connectivity index (χ0) is 11.5. The molecule has 1 unspecified atom stereocenters. The summed E-state index contributed by atoms with van der Waals surface area (Å²) in [6.07, 6.45) is 23.3. The highest BCUT2D eigenvalue weighted by molar-refractivity contribution is 4.92. The van der Waals surface area contributed by atoms with Gasteiger partial charge in [-0.25, -0.2) is 0 Å². The lowest BCUT2D eigenvalue weighted by atomic mass is 10.1. The van der Waals surface area contributed by atoms with Crippen molar-refractivity contribution in [2.45, 2.75) is 71.1 Å². The molecular weight excluding hydrogens is 192 g/mol. The fourth-order valence-electron chi connectivity index (χ4n) is 2.24. The Bertz CT molecular complexity index is 200. The van der Waals surface area contributed by atoms with Crippen LogP contribution in [0.3, 0.4) is 0 Å². The van der Waals surface area contributed by atoms with Crippen molar-refractivity contribution in [3.63, 3.8) is 0 Å². The molecule has 0 fully saturated rings. The first-order valence-corrected chi connectivity index (χ1v) is 7.21. The number of hydrogen-bond donors (Lipinski definition) is 0. The Morgan fingerprint density at radius 1 is 0.688 bits per heavy atom. The average Bonchev–Trinajstić information content (AvgIpc) is 2.29. The van der Waals surface area contributed by atoms with E-state index in [4.69, 9.17) is 0 Å². The molecule has 0 aromatic carbocycles. The minimum atomic E-state index is 0.723. The molecule has 0 bridgehead atoms. The zero-order valence-corrected chi connectivity index (χ0v) is 11.0. The smallest absolute Gasteiger partial charge is 0.0227 e. The lowest BCUT2D eigenvalue weighted by Gasteiger charge is -2.01. The molecule has 0 radical (unpaired) electrons. The molecule has 16 heavy (non-hydrogen) atoms. The van der Waals surface area contributed by atoms with Crippen LogP contribution in [0.15, 0.2) is 24.3 Å². The molecule has 0 heteroatoms. The van der Waals surface area contributed by atoms with Crippen LogP contribution in [0.4, 0.5) is 0 Å². The van der Waals surface area contributed by atoms with E-state index in [0.29, 0.717) is 0 Å². The molecule has 0 N–H and O–H groups in total. The largest absolute Gasteiger partial charge is 0.0885 e. The first-order chi connectivity index (χ1) is 7.89. The van der Waals surface area contributed by atoms with Crippen LogP contribution in [0.2, 0.25) is 0 Å². The Balaban J connectivity index is 2.26. The van der Waals surface area contributed by atoms with Crippen LogP contribution in [-0.2, 0) is 0 Å². The highest BCUT2D eigenvalue weighted by Gasteiger charge is 1.95. The van der Waals surface area contributed by atoms with Crippen LogP contribution in [0.25, 0.3) is 0 Å². The molecule has 1 aliphatic rings. The van der Waals surface area contributed by atoms with Crippen molar-refractivity contribution in [2.24, 2.45) is 5.92 Å². The summed E-state index contributed by atoms with van der Waals surface area (Å²) in [6.45, 7) is 2.32. The highest BCUT2D eigenvalue weighted by Crippen LogP contribution is 2.13. The fourth-order valence-corrected chi connectivity index (χ4v) is 2.24. The van der Waals surface area contributed by atoms with Gasteiger partial charge < -0.3 is 0 Å². The molecule has 0 amide bonds. The third-order valence-corrected chi connectivity index (χ3v) is 3.38. The van der Waals surface area contributed by atoms with Gasteiger partial charge in [0.05, 0.1) is 0 Å². The van der Waals surface area contributed by atoms with E-state index in [0.717, 1.165) is 5.92 Å². The molecular formula is C16H28. The Morgan fingerprint density at radius 3 is 1.94 bits per heavy atom. The van der Waals surface area contributed by atoms with Gasteiger partial charge in [-0.1, -0.05) is 63.3 Å². The topological polar surface area (TPSA) is 0 Å². The van der Waals surface area contributed by atoms with Gasteiger partial charge in [0.15, 0.2) is 0 Å². The van der Waals surface area contributed by atoms with Crippen molar-refractivity contribution < 1.29 is 0 Å². The summed E-state index contributed by atoms with van der Waals surface area (Å²) in [5.41, 5.74) is 0. The maximum atomic E-state index is 2.39. The maximum absolute atomic E-state index is 2.39. The van der Waals surface area contributed by atoms with E-state index in [1.54, 1.807) is 0 Å². The second-order valence-corrected chi connectivity index (χ2v) is 5.16. The second-order valence-electron chi connectivity index (χ2n) is 5.16. The van der Waals surface area contributed by atoms with E-state index in [2.05, 4.69) is 31.2 Å². The lowest BCUT2D eigenvalue weighted by molar-refractivity contribution is 0.583. The summed E-state index contributed by atoms with van der Waals surface area (Å²) in [4.78, 5) is 0. The Hall–Kier alpha value is -0.520. The summed E-state index contributed by atoms with van der Waals surface area (Å²) >= 11 is 0. The Kier molecular flexibility index (Phi) is 8.20. The van der Waals surface area contributed by atoms with Gasteiger partial charge in [-0.2, -0.15) is 0 Å². The van der Waals surface area contributed by atoms with E-state index in [-0.39, 0.29) is 0 Å². The van der Waals surface area contributed by atoms with Gasteiger partial charge in [-0.15, -0.1) is 0 Å². The van der Waals surface area contributed by atoms with Crippen LogP contribution in [0, 0.1) is 5.92 Å². The summed E-state index contributed by atoms with van der Waals surface area (Å²) in [6, 6.07) is 0. The van der Waals surface area contributed by atoms with Crippen molar-refractivity contribution in [1.29, 1.82) is 0 Å². The summed E-state index contributed by atoms with van der Waals surface area (Å²) in [7, 11) is 0. The standard InChI is InChI=1S/C16H28/c1-16-14-12-10-8-6-4-2-3-5-7-9-11-13-15-16/h10,12-13,15-16H,2-9,11,14H2,1H3. The molecule has 1 aliphatic carbocycles. The number of allylic oxidation sites excluding steroid dienone is 4. The van der Waals surface area contributed by atoms with Gasteiger partial charge in [-0.3, -0.25) is 0 Å². The van der Waals surface area contributed by atoms with E-state index < -0.39 is 0 Å². The Labute approximate surface area is 102 Å². The van der Waals surface area contributed by atoms with Crippen molar-refractivity contribution in [2.75, 3.05) is 0 Å². The summed E-state index contributed by atoms with van der Waals surface area (Å²) in [5, 5.41) is 0. The van der Waals surface area contributed by atoms with Crippen LogP contribution < -0.4 is 0 Å². The number of hydrogen-bond acceptors (Lipinski definition) is 0. The zero-order valence-electron chi connectivity index (χ0n) is 11.0.